The number of carbonyl (C=O) groups excluding carboxylic acids is 2. The summed E-state index contributed by atoms with van der Waals surface area (Å²) in [5, 5.41) is 11.2. The number of nitrogens with two attached hydrogens (primary N) is 1. The van der Waals surface area contributed by atoms with Gasteiger partial charge in [-0.15, -0.1) is 0 Å². The second-order valence-corrected chi connectivity index (χ2v) is 7.35. The summed E-state index contributed by atoms with van der Waals surface area (Å²) in [5.74, 6) is -1.17. The molecule has 0 radical (unpaired) electrons. The molecule has 7 nitrogen and oxygen atoms in total. The average Bonchev–Trinajstić information content (AvgIpc) is 2.78. The van der Waals surface area contributed by atoms with Gasteiger partial charge < -0.3 is 11.1 Å². The molecule has 2 aromatic carbocycles. The summed E-state index contributed by atoms with van der Waals surface area (Å²) in [5.41, 5.74) is 10.8. The predicted molar refractivity (Wildman–Crippen MR) is 111 cm³/mol. The number of hydrogen-bond acceptors (Lipinski definition) is 5. The fourth-order valence-electron chi connectivity index (χ4n) is 3.54. The zero-order valence-corrected chi connectivity index (χ0v) is 16.4. The van der Waals surface area contributed by atoms with Gasteiger partial charge in [0.2, 0.25) is 0 Å². The molecule has 2 aromatic rings. The molecule has 0 aromatic heterocycles. The first-order valence-corrected chi connectivity index (χ1v) is 9.97. The Labute approximate surface area is 170 Å². The molecule has 0 aliphatic carbocycles. The summed E-state index contributed by atoms with van der Waals surface area (Å²) < 4.78 is 0. The van der Waals surface area contributed by atoms with Gasteiger partial charge in [-0.05, 0) is 54.8 Å². The van der Waals surface area contributed by atoms with Crippen molar-refractivity contribution >= 4 is 11.8 Å². The summed E-state index contributed by atoms with van der Waals surface area (Å²) in [4.78, 5) is 26.2. The zero-order chi connectivity index (χ0) is 20.6. The van der Waals surface area contributed by atoms with Gasteiger partial charge in [0.15, 0.2) is 0 Å². The average molecular weight is 396 g/mol. The van der Waals surface area contributed by atoms with Crippen LogP contribution in [0.25, 0.3) is 11.1 Å². The van der Waals surface area contributed by atoms with Crippen LogP contribution in [0, 0.1) is 0 Å². The van der Waals surface area contributed by atoms with E-state index in [1.807, 2.05) is 12.1 Å². The first-order valence-electron chi connectivity index (χ1n) is 9.97. The van der Waals surface area contributed by atoms with Crippen molar-refractivity contribution in [3.8, 4) is 11.1 Å². The van der Waals surface area contributed by atoms with Gasteiger partial charge in [-0.3, -0.25) is 19.7 Å². The highest BCUT2D eigenvalue weighted by Crippen LogP contribution is 2.21. The van der Waals surface area contributed by atoms with Crippen LogP contribution >= 0.6 is 0 Å². The van der Waals surface area contributed by atoms with E-state index in [-0.39, 0.29) is 6.54 Å². The molecule has 1 aliphatic rings. The van der Waals surface area contributed by atoms with Gasteiger partial charge in [-0.1, -0.05) is 42.8 Å². The Morgan fingerprint density at radius 1 is 0.966 bits per heavy atom. The van der Waals surface area contributed by atoms with Gasteiger partial charge in [0, 0.05) is 18.7 Å². The van der Waals surface area contributed by atoms with E-state index in [0.717, 1.165) is 17.7 Å². The molecule has 1 fully saturated rings. The predicted octanol–water partition coefficient (Wildman–Crippen LogP) is 1.90. The summed E-state index contributed by atoms with van der Waals surface area (Å²) in [6, 6.07) is 14.7. The van der Waals surface area contributed by atoms with Gasteiger partial charge in [-0.2, -0.15) is 0 Å². The topological polar surface area (TPSA) is 108 Å². The van der Waals surface area contributed by atoms with E-state index < -0.39 is 17.9 Å². The molecular formula is C22H28N4O3. The van der Waals surface area contributed by atoms with E-state index in [0.29, 0.717) is 5.56 Å². The summed E-state index contributed by atoms with van der Waals surface area (Å²) >= 11 is 0. The largest absolute Gasteiger partial charge is 0.339 e. The fourth-order valence-corrected chi connectivity index (χ4v) is 3.54. The van der Waals surface area contributed by atoms with Crippen molar-refractivity contribution in [2.75, 3.05) is 19.6 Å². The van der Waals surface area contributed by atoms with Crippen molar-refractivity contribution in [1.82, 2.24) is 15.7 Å². The highest BCUT2D eigenvalue weighted by atomic mass is 16.5. The van der Waals surface area contributed by atoms with E-state index in [9.17, 15) is 9.59 Å². The molecule has 0 unspecified atom stereocenters. The Morgan fingerprint density at radius 3 is 2.10 bits per heavy atom. The summed E-state index contributed by atoms with van der Waals surface area (Å²) in [7, 11) is 0. The first kappa shape index (κ1) is 21.0. The maximum Gasteiger partial charge on any atom is 0.267 e. The molecule has 29 heavy (non-hydrogen) atoms. The minimum atomic E-state index is -0.986. The Balaban J connectivity index is 1.62. The van der Waals surface area contributed by atoms with E-state index in [4.69, 9.17) is 10.9 Å². The first-order chi connectivity index (χ1) is 14.1. The van der Waals surface area contributed by atoms with Gasteiger partial charge >= 0.3 is 0 Å². The molecule has 0 spiro atoms. The Morgan fingerprint density at radius 2 is 1.55 bits per heavy atom. The Bertz CT molecular complexity index is 815. The molecule has 1 aliphatic heterocycles. The molecule has 1 heterocycles. The SMILES string of the molecule is NC[C@H](NC(=O)c1ccc(-c2ccc(CN3CCCCC3)cc2)cc1)C(=O)NO. The number of piperidine rings is 1. The molecule has 7 heteroatoms. The van der Waals surface area contributed by atoms with Crippen LogP contribution < -0.4 is 16.5 Å². The van der Waals surface area contributed by atoms with Crippen molar-refractivity contribution in [3.05, 3.63) is 59.7 Å². The number of hydrogen-bond donors (Lipinski definition) is 4. The van der Waals surface area contributed by atoms with Crippen LogP contribution in [0.15, 0.2) is 48.5 Å². The van der Waals surface area contributed by atoms with Gasteiger partial charge in [-0.25, -0.2) is 5.48 Å². The number of amides is 2. The van der Waals surface area contributed by atoms with E-state index in [1.54, 1.807) is 12.1 Å². The van der Waals surface area contributed by atoms with Crippen LogP contribution in [0.4, 0.5) is 0 Å². The van der Waals surface area contributed by atoms with Gasteiger partial charge in [0.1, 0.15) is 6.04 Å². The monoisotopic (exact) mass is 396 g/mol. The van der Waals surface area contributed by atoms with Crippen molar-refractivity contribution in [3.63, 3.8) is 0 Å². The second kappa shape index (κ2) is 10.2. The Kier molecular flexibility index (Phi) is 7.35. The lowest BCUT2D eigenvalue weighted by Crippen LogP contribution is -2.50. The molecule has 0 bridgehead atoms. The quantitative estimate of drug-likeness (QED) is 0.422. The van der Waals surface area contributed by atoms with Crippen molar-refractivity contribution in [2.45, 2.75) is 31.8 Å². The van der Waals surface area contributed by atoms with Crippen LogP contribution in [0.3, 0.4) is 0 Å². The minimum Gasteiger partial charge on any atom is -0.339 e. The van der Waals surface area contributed by atoms with Crippen LogP contribution in [-0.2, 0) is 11.3 Å². The number of nitrogens with one attached hydrogen (secondary N) is 2. The van der Waals surface area contributed by atoms with Crippen LogP contribution in [-0.4, -0.2) is 47.6 Å². The van der Waals surface area contributed by atoms with Crippen molar-refractivity contribution in [2.24, 2.45) is 5.73 Å². The third-order valence-corrected chi connectivity index (χ3v) is 5.26. The lowest BCUT2D eigenvalue weighted by Gasteiger charge is -2.26. The highest BCUT2D eigenvalue weighted by Gasteiger charge is 2.19. The van der Waals surface area contributed by atoms with Crippen molar-refractivity contribution in [1.29, 1.82) is 0 Å². The molecule has 154 valence electrons. The lowest BCUT2D eigenvalue weighted by atomic mass is 10.0. The van der Waals surface area contributed by atoms with Gasteiger partial charge in [0.05, 0.1) is 0 Å². The standard InChI is InChI=1S/C22H28N4O3/c23-14-20(22(28)25-29)24-21(27)19-10-8-18(9-11-19)17-6-4-16(5-7-17)15-26-12-2-1-3-13-26/h4-11,20,29H,1-3,12-15,23H2,(H,24,27)(H,25,28)/t20-/m0/s1. The third-order valence-electron chi connectivity index (χ3n) is 5.26. The number of nitrogens with zero attached hydrogens (tertiary/aromatic N) is 1. The van der Waals surface area contributed by atoms with Crippen LogP contribution in [0.1, 0.15) is 35.2 Å². The molecule has 0 saturated carbocycles. The number of benzene rings is 2. The Hall–Kier alpha value is -2.74. The van der Waals surface area contributed by atoms with Gasteiger partial charge in [0.25, 0.3) is 11.8 Å². The fraction of sp³-hybridized carbons (Fsp3) is 0.364. The zero-order valence-electron chi connectivity index (χ0n) is 16.4. The summed E-state index contributed by atoms with van der Waals surface area (Å²) in [6.45, 7) is 3.23. The second-order valence-electron chi connectivity index (χ2n) is 7.35. The molecular weight excluding hydrogens is 368 g/mol. The molecule has 3 rings (SSSR count). The lowest BCUT2D eigenvalue weighted by molar-refractivity contribution is -0.130. The highest BCUT2D eigenvalue weighted by molar-refractivity contribution is 5.97. The van der Waals surface area contributed by atoms with E-state index in [2.05, 4.69) is 34.5 Å². The number of rotatable bonds is 7. The van der Waals surface area contributed by atoms with E-state index >= 15 is 0 Å². The van der Waals surface area contributed by atoms with Crippen molar-refractivity contribution < 1.29 is 14.8 Å². The third kappa shape index (κ3) is 5.63. The molecule has 1 saturated heterocycles. The number of hydroxylamine groups is 1. The molecule has 5 N–H and O–H groups in total. The van der Waals surface area contributed by atoms with Crippen LogP contribution in [0.5, 0.6) is 0 Å². The van der Waals surface area contributed by atoms with Crippen LogP contribution in [0.2, 0.25) is 0 Å². The van der Waals surface area contributed by atoms with E-state index in [1.165, 1.54) is 43.4 Å². The molecule has 1 atom stereocenters. The maximum atomic E-state index is 12.3. The minimum absolute atomic E-state index is 0.111. The molecule has 2 amide bonds. The number of likely N-dealkylation sites (tertiary alicyclic amines) is 1. The smallest absolute Gasteiger partial charge is 0.267 e. The maximum absolute atomic E-state index is 12.3. The number of carbonyl (C=O) groups is 2. The summed E-state index contributed by atoms with van der Waals surface area (Å²) in [6.07, 6.45) is 3.91. The normalized spacial score (nSPS) is 15.5.